The topological polar surface area (TPSA) is 49.4 Å². The van der Waals surface area contributed by atoms with E-state index in [1.807, 2.05) is 0 Å². The van der Waals surface area contributed by atoms with E-state index in [0.717, 1.165) is 12.8 Å². The average Bonchev–Trinajstić information content (AvgIpc) is 2.59. The second-order valence-electron chi connectivity index (χ2n) is 6.13. The number of likely N-dealkylation sites (N-methyl/N-ethyl adjacent to an activating group) is 1. The quantitative estimate of drug-likeness (QED) is 0.762. The molecular weight excluding hydrogens is 388 g/mol. The minimum absolute atomic E-state index is 0.00440. The molecule has 1 aliphatic heterocycles. The minimum atomic E-state index is -3.51. The molecule has 2 aliphatic rings. The third-order valence-electron chi connectivity index (χ3n) is 4.84. The maximum absolute atomic E-state index is 13.0. The molecule has 0 unspecified atom stereocenters. The summed E-state index contributed by atoms with van der Waals surface area (Å²) >= 11 is 9.44. The van der Waals surface area contributed by atoms with E-state index in [4.69, 9.17) is 11.6 Å². The summed E-state index contributed by atoms with van der Waals surface area (Å²) in [7, 11) is -1.81. The van der Waals surface area contributed by atoms with E-state index in [-0.39, 0.29) is 6.04 Å². The summed E-state index contributed by atoms with van der Waals surface area (Å²) in [6.45, 7) is 0.630. The predicted octanol–water partition coefficient (Wildman–Crippen LogP) is 4.10. The fourth-order valence-electron chi connectivity index (χ4n) is 3.54. The van der Waals surface area contributed by atoms with Gasteiger partial charge in [0.2, 0.25) is 10.0 Å². The number of rotatable bonds is 1. The molecule has 122 valence electrons. The van der Waals surface area contributed by atoms with E-state index < -0.39 is 10.0 Å². The Balaban J connectivity index is 2.00. The van der Waals surface area contributed by atoms with Crippen LogP contribution in [0, 0.1) is 5.92 Å². The number of fused-ring (bicyclic) bond motifs is 1. The van der Waals surface area contributed by atoms with Gasteiger partial charge >= 0.3 is 0 Å². The first-order valence-electron chi connectivity index (χ1n) is 7.62. The van der Waals surface area contributed by atoms with Gasteiger partial charge in [0.1, 0.15) is 4.90 Å². The molecule has 3 rings (SSSR count). The van der Waals surface area contributed by atoms with Gasteiger partial charge in [0.25, 0.3) is 0 Å². The van der Waals surface area contributed by atoms with Crippen LogP contribution in [-0.2, 0) is 10.0 Å². The molecule has 0 radical (unpaired) electrons. The first-order chi connectivity index (χ1) is 10.4. The van der Waals surface area contributed by atoms with Crippen molar-refractivity contribution in [2.24, 2.45) is 5.92 Å². The molecule has 22 heavy (non-hydrogen) atoms. The van der Waals surface area contributed by atoms with Gasteiger partial charge in [-0.15, -0.1) is 0 Å². The Labute approximate surface area is 145 Å². The molecule has 0 bridgehead atoms. The SMILES string of the molecule is CN1[C@H](C2CCCCC2)CNc2cc(Cl)c(Br)cc2S1(=O)=O. The fraction of sp³-hybridized carbons (Fsp3) is 0.600. The van der Waals surface area contributed by atoms with Crippen LogP contribution in [0.2, 0.25) is 5.02 Å². The van der Waals surface area contributed by atoms with Crippen molar-refractivity contribution in [3.8, 4) is 0 Å². The molecule has 1 aliphatic carbocycles. The molecule has 1 saturated carbocycles. The van der Waals surface area contributed by atoms with Gasteiger partial charge in [-0.25, -0.2) is 8.42 Å². The van der Waals surface area contributed by atoms with Crippen LogP contribution in [0.5, 0.6) is 0 Å². The van der Waals surface area contributed by atoms with Gasteiger partial charge in [-0.2, -0.15) is 4.31 Å². The van der Waals surface area contributed by atoms with Crippen molar-refractivity contribution >= 4 is 43.2 Å². The van der Waals surface area contributed by atoms with Gasteiger partial charge in [-0.1, -0.05) is 30.9 Å². The maximum Gasteiger partial charge on any atom is 0.245 e. The van der Waals surface area contributed by atoms with Gasteiger partial charge in [0, 0.05) is 24.1 Å². The zero-order valence-corrected chi connectivity index (χ0v) is 15.6. The zero-order chi connectivity index (χ0) is 15.9. The molecule has 0 spiro atoms. The van der Waals surface area contributed by atoms with Crippen LogP contribution in [0.3, 0.4) is 0 Å². The van der Waals surface area contributed by atoms with E-state index in [1.54, 1.807) is 23.5 Å². The van der Waals surface area contributed by atoms with Crippen molar-refractivity contribution < 1.29 is 8.42 Å². The number of benzene rings is 1. The summed E-state index contributed by atoms with van der Waals surface area (Å²) in [4.78, 5) is 0.296. The molecule has 0 aromatic heterocycles. The first-order valence-corrected chi connectivity index (χ1v) is 10.2. The second kappa shape index (κ2) is 6.30. The summed E-state index contributed by atoms with van der Waals surface area (Å²) < 4.78 is 28.1. The van der Waals surface area contributed by atoms with Crippen molar-refractivity contribution in [3.05, 3.63) is 21.6 Å². The smallest absolute Gasteiger partial charge is 0.245 e. The second-order valence-corrected chi connectivity index (χ2v) is 9.36. The normalized spacial score (nSPS) is 26.0. The van der Waals surface area contributed by atoms with Gasteiger partial charge in [-0.05, 0) is 46.8 Å². The molecule has 1 N–H and O–H groups in total. The van der Waals surface area contributed by atoms with E-state index in [9.17, 15) is 8.42 Å². The molecular formula is C15H20BrClN2O2S. The Morgan fingerprint density at radius 2 is 1.95 bits per heavy atom. The number of anilines is 1. The lowest BCUT2D eigenvalue weighted by molar-refractivity contribution is 0.222. The molecule has 1 fully saturated rings. The Morgan fingerprint density at radius 3 is 2.64 bits per heavy atom. The summed E-state index contributed by atoms with van der Waals surface area (Å²) in [6.07, 6.45) is 5.86. The Hall–Kier alpha value is -0.300. The van der Waals surface area contributed by atoms with E-state index in [2.05, 4.69) is 21.2 Å². The van der Waals surface area contributed by atoms with Crippen molar-refractivity contribution in [1.29, 1.82) is 0 Å². The third-order valence-corrected chi connectivity index (χ3v) is 7.96. The van der Waals surface area contributed by atoms with Gasteiger partial charge < -0.3 is 5.32 Å². The number of hydrogen-bond acceptors (Lipinski definition) is 3. The molecule has 7 heteroatoms. The minimum Gasteiger partial charge on any atom is -0.382 e. The Bertz CT molecular complexity index is 674. The Morgan fingerprint density at radius 1 is 1.27 bits per heavy atom. The summed E-state index contributed by atoms with van der Waals surface area (Å²) in [5, 5.41) is 3.81. The molecule has 1 atom stereocenters. The lowest BCUT2D eigenvalue weighted by Crippen LogP contribution is -2.44. The molecule has 0 saturated heterocycles. The highest BCUT2D eigenvalue weighted by atomic mass is 79.9. The number of halogens is 2. The van der Waals surface area contributed by atoms with Crippen LogP contribution in [0.1, 0.15) is 32.1 Å². The van der Waals surface area contributed by atoms with Crippen molar-refractivity contribution in [2.75, 3.05) is 18.9 Å². The van der Waals surface area contributed by atoms with Crippen LogP contribution in [0.25, 0.3) is 0 Å². The maximum atomic E-state index is 13.0. The van der Waals surface area contributed by atoms with Crippen molar-refractivity contribution in [3.63, 3.8) is 0 Å². The summed E-state index contributed by atoms with van der Waals surface area (Å²) in [5.41, 5.74) is 0.596. The van der Waals surface area contributed by atoms with E-state index in [0.29, 0.717) is 32.5 Å². The lowest BCUT2D eigenvalue weighted by Gasteiger charge is -2.34. The summed E-state index contributed by atoms with van der Waals surface area (Å²) in [5.74, 6) is 0.425. The molecule has 1 heterocycles. The third kappa shape index (κ3) is 2.90. The Kier molecular flexibility index (Phi) is 4.74. The van der Waals surface area contributed by atoms with E-state index in [1.165, 1.54) is 19.3 Å². The predicted molar refractivity (Wildman–Crippen MR) is 93.0 cm³/mol. The molecule has 1 aromatic carbocycles. The van der Waals surface area contributed by atoms with E-state index >= 15 is 0 Å². The van der Waals surface area contributed by atoms with Crippen LogP contribution in [-0.4, -0.2) is 32.4 Å². The molecule has 1 aromatic rings. The van der Waals surface area contributed by atoms with Crippen molar-refractivity contribution in [1.82, 2.24) is 4.31 Å². The first kappa shape index (κ1) is 16.6. The number of nitrogens with zero attached hydrogens (tertiary/aromatic N) is 1. The highest BCUT2D eigenvalue weighted by Gasteiger charge is 2.37. The van der Waals surface area contributed by atoms with Crippen LogP contribution >= 0.6 is 27.5 Å². The zero-order valence-electron chi connectivity index (χ0n) is 12.5. The largest absolute Gasteiger partial charge is 0.382 e. The fourth-order valence-corrected chi connectivity index (χ4v) is 5.79. The molecule has 4 nitrogen and oxygen atoms in total. The monoisotopic (exact) mass is 406 g/mol. The highest BCUT2D eigenvalue weighted by Crippen LogP contribution is 2.38. The van der Waals surface area contributed by atoms with Crippen molar-refractivity contribution in [2.45, 2.75) is 43.0 Å². The van der Waals surface area contributed by atoms with Gasteiger partial charge in [0.05, 0.1) is 10.7 Å². The highest BCUT2D eigenvalue weighted by molar-refractivity contribution is 9.10. The summed E-state index contributed by atoms with van der Waals surface area (Å²) in [6, 6.07) is 3.28. The van der Waals surface area contributed by atoms with Crippen LogP contribution < -0.4 is 5.32 Å². The number of nitrogens with one attached hydrogen (secondary N) is 1. The van der Waals surface area contributed by atoms with Gasteiger partial charge in [-0.3, -0.25) is 0 Å². The van der Waals surface area contributed by atoms with Crippen LogP contribution in [0.15, 0.2) is 21.5 Å². The lowest BCUT2D eigenvalue weighted by atomic mass is 9.84. The average molecular weight is 408 g/mol. The standard InChI is InChI=1S/C15H20BrClN2O2S/c1-19-14(10-5-3-2-4-6-10)9-18-13-8-12(17)11(16)7-15(13)22(19,20)21/h7-8,10,14,18H,2-6,9H2,1H3/t14-/m0/s1. The number of hydrogen-bond donors (Lipinski definition) is 1. The van der Waals surface area contributed by atoms with Crippen LogP contribution in [0.4, 0.5) is 5.69 Å². The number of sulfonamides is 1. The van der Waals surface area contributed by atoms with Gasteiger partial charge in [0.15, 0.2) is 0 Å². The molecule has 0 amide bonds.